The van der Waals surface area contributed by atoms with Gasteiger partial charge in [0.1, 0.15) is 0 Å². The van der Waals surface area contributed by atoms with E-state index in [2.05, 4.69) is 20.9 Å². The number of nitrogens with one attached hydrogen (secondary N) is 3. The van der Waals surface area contributed by atoms with Crippen LogP contribution in [0.4, 0.5) is 0 Å². The predicted molar refractivity (Wildman–Crippen MR) is 86.1 cm³/mol. The Hall–Kier alpha value is -1.14. The van der Waals surface area contributed by atoms with Crippen LogP contribution in [0.3, 0.4) is 0 Å². The molecule has 0 fully saturated rings. The van der Waals surface area contributed by atoms with Crippen LogP contribution in [-0.4, -0.2) is 63.0 Å². The lowest BCUT2D eigenvalue weighted by Gasteiger charge is -2.23. The van der Waals surface area contributed by atoms with E-state index in [0.717, 1.165) is 26.2 Å². The lowest BCUT2D eigenvalue weighted by Crippen LogP contribution is -2.43. The summed E-state index contributed by atoms with van der Waals surface area (Å²) in [6.45, 7) is 12.2. The lowest BCUT2D eigenvalue weighted by molar-refractivity contribution is -0.124. The summed E-state index contributed by atoms with van der Waals surface area (Å²) >= 11 is 0. The predicted octanol–water partition coefficient (Wildman–Crippen LogP) is 0.0522. The zero-order chi connectivity index (χ0) is 16.3. The van der Waals surface area contributed by atoms with Crippen molar-refractivity contribution in [2.75, 3.05) is 46.3 Å². The fraction of sp³-hybridized carbons (Fsp3) is 0.867. The van der Waals surface area contributed by atoms with Crippen LogP contribution in [0.15, 0.2) is 0 Å². The van der Waals surface area contributed by atoms with Gasteiger partial charge in [-0.3, -0.25) is 14.5 Å². The Morgan fingerprint density at radius 1 is 0.810 bits per heavy atom. The first-order chi connectivity index (χ1) is 9.88. The molecule has 0 aromatic carbocycles. The first-order valence-electron chi connectivity index (χ1n) is 7.80. The fourth-order valence-electron chi connectivity index (χ4n) is 1.69. The van der Waals surface area contributed by atoms with Crippen molar-refractivity contribution in [3.05, 3.63) is 0 Å². The summed E-state index contributed by atoms with van der Waals surface area (Å²) in [5, 5.41) is 8.95. The highest BCUT2D eigenvalue weighted by molar-refractivity contribution is 5.78. The van der Waals surface area contributed by atoms with E-state index in [1.54, 1.807) is 0 Å². The van der Waals surface area contributed by atoms with Crippen molar-refractivity contribution in [3.8, 4) is 0 Å². The van der Waals surface area contributed by atoms with Crippen LogP contribution in [-0.2, 0) is 9.59 Å². The van der Waals surface area contributed by atoms with Gasteiger partial charge in [-0.1, -0.05) is 27.7 Å². The molecule has 0 bridgehead atoms. The Kier molecular flexibility index (Phi) is 10.9. The molecule has 0 rings (SSSR count). The third-order valence-corrected chi connectivity index (χ3v) is 3.18. The molecule has 124 valence electrons. The summed E-state index contributed by atoms with van der Waals surface area (Å²) in [7, 11) is 1.92. The Labute approximate surface area is 129 Å². The van der Waals surface area contributed by atoms with Gasteiger partial charge >= 0.3 is 0 Å². The molecular formula is C15H32N4O2. The average Bonchev–Trinajstić information content (AvgIpc) is 2.43. The Bertz CT molecular complexity index is 280. The van der Waals surface area contributed by atoms with E-state index < -0.39 is 0 Å². The number of hydrogen-bond acceptors (Lipinski definition) is 4. The first kappa shape index (κ1) is 19.9. The topological polar surface area (TPSA) is 73.5 Å². The van der Waals surface area contributed by atoms with Crippen LogP contribution < -0.4 is 16.0 Å². The van der Waals surface area contributed by atoms with Gasteiger partial charge in [-0.25, -0.2) is 0 Å². The number of rotatable bonds is 11. The molecule has 0 spiro atoms. The molecule has 0 aromatic rings. The van der Waals surface area contributed by atoms with Gasteiger partial charge in [0.2, 0.25) is 11.8 Å². The monoisotopic (exact) mass is 300 g/mol. The van der Waals surface area contributed by atoms with Crippen molar-refractivity contribution >= 4 is 11.8 Å². The molecule has 0 saturated carbocycles. The highest BCUT2D eigenvalue weighted by Crippen LogP contribution is 1.92. The summed E-state index contributed by atoms with van der Waals surface area (Å²) in [5.41, 5.74) is 0. The number of carbonyl (C=O) groups is 2. The smallest absolute Gasteiger partial charge is 0.222 e. The maximum atomic E-state index is 11.5. The molecule has 3 N–H and O–H groups in total. The zero-order valence-corrected chi connectivity index (χ0v) is 14.2. The molecule has 0 aliphatic heterocycles. The zero-order valence-electron chi connectivity index (χ0n) is 14.2. The molecule has 21 heavy (non-hydrogen) atoms. The van der Waals surface area contributed by atoms with Crippen molar-refractivity contribution in [1.82, 2.24) is 20.9 Å². The standard InChI is InChI=1S/C15H32N4O2/c1-12(2)14(20)17-7-10-19(9-6-16-5)11-8-18-15(21)13(3)4/h12-13,16H,6-11H2,1-5H3,(H,17,20)(H,18,21). The van der Waals surface area contributed by atoms with E-state index in [1.165, 1.54) is 0 Å². The number of carbonyl (C=O) groups excluding carboxylic acids is 2. The van der Waals surface area contributed by atoms with Crippen molar-refractivity contribution in [1.29, 1.82) is 0 Å². The second-order valence-corrected chi connectivity index (χ2v) is 5.84. The molecule has 0 radical (unpaired) electrons. The first-order valence-corrected chi connectivity index (χ1v) is 7.80. The molecule has 0 aliphatic rings. The van der Waals surface area contributed by atoms with Gasteiger partial charge in [0.25, 0.3) is 0 Å². The van der Waals surface area contributed by atoms with Crippen molar-refractivity contribution in [2.24, 2.45) is 11.8 Å². The van der Waals surface area contributed by atoms with E-state index >= 15 is 0 Å². The fourth-order valence-corrected chi connectivity index (χ4v) is 1.69. The lowest BCUT2D eigenvalue weighted by atomic mass is 10.2. The number of likely N-dealkylation sites (N-methyl/N-ethyl adjacent to an activating group) is 1. The minimum atomic E-state index is 0.0149. The summed E-state index contributed by atoms with van der Waals surface area (Å²) in [4.78, 5) is 25.3. The van der Waals surface area contributed by atoms with Crippen LogP contribution in [0.1, 0.15) is 27.7 Å². The number of nitrogens with zero attached hydrogens (tertiary/aromatic N) is 1. The van der Waals surface area contributed by atoms with Crippen LogP contribution >= 0.6 is 0 Å². The molecule has 0 atom stereocenters. The summed E-state index contributed by atoms with van der Waals surface area (Å²) in [6.07, 6.45) is 0. The second kappa shape index (κ2) is 11.5. The maximum Gasteiger partial charge on any atom is 0.222 e. The van der Waals surface area contributed by atoms with E-state index in [4.69, 9.17) is 0 Å². The van der Waals surface area contributed by atoms with Gasteiger partial charge in [0.15, 0.2) is 0 Å². The van der Waals surface area contributed by atoms with Crippen LogP contribution in [0, 0.1) is 11.8 Å². The molecule has 0 unspecified atom stereocenters. The molecule has 0 aromatic heterocycles. The van der Waals surface area contributed by atoms with Gasteiger partial charge in [-0.2, -0.15) is 0 Å². The molecule has 0 heterocycles. The number of hydrogen-bond donors (Lipinski definition) is 3. The second-order valence-electron chi connectivity index (χ2n) is 5.84. The van der Waals surface area contributed by atoms with Crippen LogP contribution in [0.2, 0.25) is 0 Å². The quantitative estimate of drug-likeness (QED) is 0.504. The minimum Gasteiger partial charge on any atom is -0.355 e. The Balaban J connectivity index is 4.02. The summed E-state index contributed by atoms with van der Waals surface area (Å²) < 4.78 is 0. The van der Waals surface area contributed by atoms with Crippen LogP contribution in [0.25, 0.3) is 0 Å². The van der Waals surface area contributed by atoms with Crippen LogP contribution in [0.5, 0.6) is 0 Å². The highest BCUT2D eigenvalue weighted by Gasteiger charge is 2.10. The summed E-state index contributed by atoms with van der Waals surface area (Å²) in [5.74, 6) is 0.190. The normalized spacial score (nSPS) is 11.2. The van der Waals surface area contributed by atoms with Gasteiger partial charge < -0.3 is 16.0 Å². The SMILES string of the molecule is CNCCN(CCNC(=O)C(C)C)CCNC(=O)C(C)C. The molecule has 2 amide bonds. The van der Waals surface area contributed by atoms with E-state index in [-0.39, 0.29) is 23.7 Å². The average molecular weight is 300 g/mol. The van der Waals surface area contributed by atoms with Crippen molar-refractivity contribution in [2.45, 2.75) is 27.7 Å². The van der Waals surface area contributed by atoms with Crippen molar-refractivity contribution in [3.63, 3.8) is 0 Å². The van der Waals surface area contributed by atoms with E-state index in [1.807, 2.05) is 34.7 Å². The maximum absolute atomic E-state index is 11.5. The molecular weight excluding hydrogens is 268 g/mol. The van der Waals surface area contributed by atoms with Crippen molar-refractivity contribution < 1.29 is 9.59 Å². The third kappa shape index (κ3) is 10.3. The van der Waals surface area contributed by atoms with Gasteiger partial charge in [0.05, 0.1) is 0 Å². The Morgan fingerprint density at radius 2 is 1.19 bits per heavy atom. The van der Waals surface area contributed by atoms with Gasteiger partial charge in [-0.15, -0.1) is 0 Å². The molecule has 0 saturated heterocycles. The third-order valence-electron chi connectivity index (χ3n) is 3.18. The highest BCUT2D eigenvalue weighted by atomic mass is 16.2. The molecule has 0 aliphatic carbocycles. The Morgan fingerprint density at radius 3 is 1.52 bits per heavy atom. The number of amides is 2. The summed E-state index contributed by atoms with van der Waals surface area (Å²) in [6, 6.07) is 0. The largest absolute Gasteiger partial charge is 0.355 e. The van der Waals surface area contributed by atoms with E-state index in [9.17, 15) is 9.59 Å². The molecule has 6 heteroatoms. The minimum absolute atomic E-state index is 0.0149. The van der Waals surface area contributed by atoms with E-state index in [0.29, 0.717) is 13.1 Å². The van der Waals surface area contributed by atoms with Gasteiger partial charge in [0, 0.05) is 51.1 Å². The van der Waals surface area contributed by atoms with Gasteiger partial charge in [-0.05, 0) is 7.05 Å². The molecule has 6 nitrogen and oxygen atoms in total.